The van der Waals surface area contributed by atoms with E-state index in [2.05, 4.69) is 18.8 Å². The predicted molar refractivity (Wildman–Crippen MR) is 70.9 cm³/mol. The summed E-state index contributed by atoms with van der Waals surface area (Å²) < 4.78 is 5.91. The van der Waals surface area contributed by atoms with Crippen molar-refractivity contribution in [3.05, 3.63) is 23.9 Å². The van der Waals surface area contributed by atoms with Gasteiger partial charge in [-0.2, -0.15) is 0 Å². The normalized spacial score (nSPS) is 19.5. The van der Waals surface area contributed by atoms with Crippen molar-refractivity contribution in [2.45, 2.75) is 52.6 Å². The first-order valence-electron chi connectivity index (χ1n) is 6.60. The van der Waals surface area contributed by atoms with E-state index in [4.69, 9.17) is 4.74 Å². The van der Waals surface area contributed by atoms with E-state index in [1.165, 1.54) is 12.8 Å². The van der Waals surface area contributed by atoms with E-state index in [1.807, 2.05) is 0 Å². The summed E-state index contributed by atoms with van der Waals surface area (Å²) in [6.45, 7) is 6.14. The van der Waals surface area contributed by atoms with Crippen molar-refractivity contribution >= 4 is 5.78 Å². The molecule has 0 aromatic carbocycles. The molecule has 1 aliphatic rings. The Bertz CT molecular complexity index is 430. The van der Waals surface area contributed by atoms with Crippen molar-refractivity contribution in [2.24, 2.45) is 5.41 Å². The number of carbonyl (C=O) groups excluding carboxylic acids is 1. The SMILES string of the molecule is CC(=O)c1cccnc1OC1CCC(C)(C)CC1. The lowest BCUT2D eigenvalue weighted by Gasteiger charge is -2.34. The van der Waals surface area contributed by atoms with E-state index in [0.29, 0.717) is 16.9 Å². The summed E-state index contributed by atoms with van der Waals surface area (Å²) in [4.78, 5) is 15.7. The minimum atomic E-state index is 0.00855. The average molecular weight is 247 g/mol. The van der Waals surface area contributed by atoms with Crippen LogP contribution < -0.4 is 4.74 Å². The quantitative estimate of drug-likeness (QED) is 0.766. The molecule has 0 spiro atoms. The molecular formula is C15H21NO2. The van der Waals surface area contributed by atoms with E-state index in [9.17, 15) is 4.79 Å². The maximum Gasteiger partial charge on any atom is 0.224 e. The molecule has 1 fully saturated rings. The highest BCUT2D eigenvalue weighted by atomic mass is 16.5. The number of ketones is 1. The third-order valence-corrected chi connectivity index (χ3v) is 3.71. The van der Waals surface area contributed by atoms with E-state index >= 15 is 0 Å². The van der Waals surface area contributed by atoms with Gasteiger partial charge in [0.25, 0.3) is 0 Å². The number of Topliss-reactive ketones (excluding diaryl/α,β-unsaturated/α-hetero) is 1. The zero-order valence-electron chi connectivity index (χ0n) is 11.4. The molecule has 1 heterocycles. The topological polar surface area (TPSA) is 39.2 Å². The highest BCUT2D eigenvalue weighted by Gasteiger charge is 2.28. The number of hydrogen-bond acceptors (Lipinski definition) is 3. The van der Waals surface area contributed by atoms with Crippen molar-refractivity contribution in [3.63, 3.8) is 0 Å². The van der Waals surface area contributed by atoms with E-state index in [1.54, 1.807) is 25.3 Å². The van der Waals surface area contributed by atoms with Gasteiger partial charge < -0.3 is 4.74 Å². The largest absolute Gasteiger partial charge is 0.474 e. The lowest BCUT2D eigenvalue weighted by Crippen LogP contribution is -2.29. The number of aromatic nitrogens is 1. The van der Waals surface area contributed by atoms with Crippen LogP contribution in [-0.2, 0) is 0 Å². The van der Waals surface area contributed by atoms with E-state index < -0.39 is 0 Å². The smallest absolute Gasteiger partial charge is 0.224 e. The van der Waals surface area contributed by atoms with Crippen LogP contribution in [0.4, 0.5) is 0 Å². The van der Waals surface area contributed by atoms with Crippen molar-refractivity contribution < 1.29 is 9.53 Å². The van der Waals surface area contributed by atoms with Gasteiger partial charge in [0.15, 0.2) is 5.78 Å². The second-order valence-electron chi connectivity index (χ2n) is 5.89. The highest BCUT2D eigenvalue weighted by molar-refractivity contribution is 5.96. The van der Waals surface area contributed by atoms with E-state index in [0.717, 1.165) is 12.8 Å². The molecule has 1 aromatic rings. The molecule has 0 unspecified atom stereocenters. The molecule has 1 aromatic heterocycles. The summed E-state index contributed by atoms with van der Waals surface area (Å²) in [7, 11) is 0. The zero-order chi connectivity index (χ0) is 13.2. The molecule has 3 nitrogen and oxygen atoms in total. The van der Waals surface area contributed by atoms with Gasteiger partial charge in [0.1, 0.15) is 6.10 Å². The average Bonchev–Trinajstić information content (AvgIpc) is 2.32. The Balaban J connectivity index is 2.04. The Morgan fingerprint density at radius 3 is 2.67 bits per heavy atom. The predicted octanol–water partition coefficient (Wildman–Crippen LogP) is 3.63. The summed E-state index contributed by atoms with van der Waals surface area (Å²) >= 11 is 0. The number of ether oxygens (including phenoxy) is 1. The van der Waals surface area contributed by atoms with Gasteiger partial charge in [0.05, 0.1) is 5.56 Å². The van der Waals surface area contributed by atoms with Crippen LogP contribution in [0.3, 0.4) is 0 Å². The van der Waals surface area contributed by atoms with Crippen LogP contribution >= 0.6 is 0 Å². The van der Waals surface area contributed by atoms with Gasteiger partial charge in [0, 0.05) is 6.20 Å². The standard InChI is InChI=1S/C15H21NO2/c1-11(17)13-5-4-10-16-14(13)18-12-6-8-15(2,3)9-7-12/h4-5,10,12H,6-9H2,1-3H3. The van der Waals surface area contributed by atoms with E-state index in [-0.39, 0.29) is 11.9 Å². The van der Waals surface area contributed by atoms with Crippen LogP contribution in [0, 0.1) is 5.41 Å². The third-order valence-electron chi connectivity index (χ3n) is 3.71. The molecule has 0 radical (unpaired) electrons. The lowest BCUT2D eigenvalue weighted by molar-refractivity contribution is 0.0901. The van der Waals surface area contributed by atoms with Gasteiger partial charge in [-0.05, 0) is 50.2 Å². The van der Waals surface area contributed by atoms with Crippen molar-refractivity contribution in [1.29, 1.82) is 0 Å². The summed E-state index contributed by atoms with van der Waals surface area (Å²) in [6, 6.07) is 3.55. The molecular weight excluding hydrogens is 226 g/mol. The minimum Gasteiger partial charge on any atom is -0.474 e. The molecule has 1 aliphatic carbocycles. The minimum absolute atomic E-state index is 0.00855. The van der Waals surface area contributed by atoms with Gasteiger partial charge in [-0.15, -0.1) is 0 Å². The Morgan fingerprint density at radius 1 is 1.39 bits per heavy atom. The molecule has 0 N–H and O–H groups in total. The monoisotopic (exact) mass is 247 g/mol. The Kier molecular flexibility index (Phi) is 3.69. The number of nitrogens with zero attached hydrogens (tertiary/aromatic N) is 1. The molecule has 0 amide bonds. The molecule has 0 bridgehead atoms. The highest BCUT2D eigenvalue weighted by Crippen LogP contribution is 2.36. The fraction of sp³-hybridized carbons (Fsp3) is 0.600. The molecule has 0 saturated heterocycles. The zero-order valence-corrected chi connectivity index (χ0v) is 11.4. The molecule has 0 aliphatic heterocycles. The van der Waals surface area contributed by atoms with Gasteiger partial charge in [-0.3, -0.25) is 4.79 Å². The van der Waals surface area contributed by atoms with Crippen LogP contribution in [0.1, 0.15) is 56.8 Å². The van der Waals surface area contributed by atoms with Crippen LogP contribution in [0.2, 0.25) is 0 Å². The third kappa shape index (κ3) is 3.09. The van der Waals surface area contributed by atoms with Crippen molar-refractivity contribution in [2.75, 3.05) is 0 Å². The molecule has 2 rings (SSSR count). The Labute approximate surface area is 109 Å². The summed E-state index contributed by atoms with van der Waals surface area (Å²) in [5, 5.41) is 0. The van der Waals surface area contributed by atoms with Crippen LogP contribution in [0.15, 0.2) is 18.3 Å². The number of hydrogen-bond donors (Lipinski definition) is 0. The first-order valence-corrected chi connectivity index (χ1v) is 6.60. The Morgan fingerprint density at radius 2 is 2.06 bits per heavy atom. The number of rotatable bonds is 3. The van der Waals surface area contributed by atoms with Crippen LogP contribution in [-0.4, -0.2) is 16.9 Å². The lowest BCUT2D eigenvalue weighted by atomic mass is 9.76. The molecule has 1 saturated carbocycles. The maximum absolute atomic E-state index is 11.5. The first kappa shape index (κ1) is 13.1. The number of pyridine rings is 1. The fourth-order valence-corrected chi connectivity index (χ4v) is 2.40. The number of carbonyl (C=O) groups is 1. The fourth-order valence-electron chi connectivity index (χ4n) is 2.40. The second kappa shape index (κ2) is 5.09. The van der Waals surface area contributed by atoms with Crippen molar-refractivity contribution in [1.82, 2.24) is 4.98 Å². The molecule has 0 atom stereocenters. The first-order chi connectivity index (χ1) is 8.48. The summed E-state index contributed by atoms with van der Waals surface area (Å²) in [5.41, 5.74) is 1.01. The van der Waals surface area contributed by atoms with Crippen LogP contribution in [0.5, 0.6) is 5.88 Å². The van der Waals surface area contributed by atoms with Gasteiger partial charge >= 0.3 is 0 Å². The second-order valence-corrected chi connectivity index (χ2v) is 5.89. The van der Waals surface area contributed by atoms with Crippen LogP contribution in [0.25, 0.3) is 0 Å². The van der Waals surface area contributed by atoms with Gasteiger partial charge in [-0.25, -0.2) is 4.98 Å². The maximum atomic E-state index is 11.5. The van der Waals surface area contributed by atoms with Gasteiger partial charge in [-0.1, -0.05) is 13.8 Å². The molecule has 3 heteroatoms. The summed E-state index contributed by atoms with van der Waals surface area (Å²) in [5.74, 6) is 0.504. The van der Waals surface area contributed by atoms with Gasteiger partial charge in [0.2, 0.25) is 5.88 Å². The van der Waals surface area contributed by atoms with Crippen molar-refractivity contribution in [3.8, 4) is 5.88 Å². The molecule has 18 heavy (non-hydrogen) atoms. The molecule has 98 valence electrons. The Hall–Kier alpha value is -1.38. The summed E-state index contributed by atoms with van der Waals surface area (Å²) in [6.07, 6.45) is 6.29.